The van der Waals surface area contributed by atoms with Crippen molar-refractivity contribution in [3.05, 3.63) is 28.9 Å². The van der Waals surface area contributed by atoms with E-state index in [1.807, 2.05) is 21.7 Å². The van der Waals surface area contributed by atoms with Crippen molar-refractivity contribution in [3.63, 3.8) is 0 Å². The van der Waals surface area contributed by atoms with E-state index in [1.54, 1.807) is 6.20 Å². The van der Waals surface area contributed by atoms with Gasteiger partial charge in [-0.3, -0.25) is 4.68 Å². The number of aliphatic hydroxyl groups is 1. The topological polar surface area (TPSA) is 94.2 Å². The molecule has 8 heteroatoms. The predicted molar refractivity (Wildman–Crippen MR) is 108 cm³/mol. The first-order valence-corrected chi connectivity index (χ1v) is 10.6. The minimum Gasteiger partial charge on any atom is -0.386 e. The van der Waals surface area contributed by atoms with Crippen molar-refractivity contribution in [1.82, 2.24) is 20.0 Å². The summed E-state index contributed by atoms with van der Waals surface area (Å²) in [7, 11) is 0. The van der Waals surface area contributed by atoms with Gasteiger partial charge >= 0.3 is 6.03 Å². The number of rotatable bonds is 3. The number of amides is 2. The fourth-order valence-electron chi connectivity index (χ4n) is 5.07. The third-order valence-corrected chi connectivity index (χ3v) is 7.46. The molecule has 0 radical (unpaired) electrons. The summed E-state index contributed by atoms with van der Waals surface area (Å²) in [6, 6.07) is 5.92. The second-order valence-electron chi connectivity index (χ2n) is 8.93. The summed E-state index contributed by atoms with van der Waals surface area (Å²) in [5.41, 5.74) is 0.888. The molecule has 2 N–H and O–H groups in total. The normalized spacial score (nSPS) is 27.8. The van der Waals surface area contributed by atoms with Crippen LogP contribution < -0.4 is 5.32 Å². The summed E-state index contributed by atoms with van der Waals surface area (Å²) < 4.78 is 1.96. The number of piperidine rings is 1. The number of carbonyl (C=O) groups excluding carboxylic acids is 1. The van der Waals surface area contributed by atoms with Crippen molar-refractivity contribution in [3.8, 4) is 6.07 Å². The molecule has 7 nitrogen and oxygen atoms in total. The fraction of sp³-hybridized carbons (Fsp3) is 0.571. The van der Waals surface area contributed by atoms with E-state index in [1.165, 1.54) is 0 Å². The van der Waals surface area contributed by atoms with Crippen LogP contribution in [0.25, 0.3) is 10.9 Å². The molecule has 2 fully saturated rings. The SMILES string of the molecule is CC1(C2CCN(C(=O)NCC3(C#N)CC3)CC2)[C@H](O)c2cc(Cl)cc3cnn1c23. The molecule has 29 heavy (non-hydrogen) atoms. The molecule has 5 rings (SSSR count). The third-order valence-electron chi connectivity index (χ3n) is 7.24. The number of nitrogens with one attached hydrogen (secondary N) is 1. The van der Waals surface area contributed by atoms with Crippen LogP contribution in [0.3, 0.4) is 0 Å². The van der Waals surface area contributed by atoms with E-state index in [4.69, 9.17) is 11.6 Å². The Kier molecular flexibility index (Phi) is 4.10. The first kappa shape index (κ1) is 18.7. The highest BCUT2D eigenvalue weighted by Gasteiger charge is 2.51. The molecule has 3 aliphatic rings. The zero-order chi connectivity index (χ0) is 20.4. The molecule has 2 amide bonds. The Labute approximate surface area is 174 Å². The minimum absolute atomic E-state index is 0.0985. The molecule has 1 aliphatic carbocycles. The van der Waals surface area contributed by atoms with Crippen molar-refractivity contribution >= 4 is 28.5 Å². The van der Waals surface area contributed by atoms with E-state index in [2.05, 4.69) is 23.4 Å². The van der Waals surface area contributed by atoms with E-state index in [0.717, 1.165) is 42.1 Å². The van der Waals surface area contributed by atoms with Crippen LogP contribution in [0.2, 0.25) is 5.02 Å². The predicted octanol–water partition coefficient (Wildman–Crippen LogP) is 3.18. The lowest BCUT2D eigenvalue weighted by Crippen LogP contribution is -2.50. The van der Waals surface area contributed by atoms with Gasteiger partial charge in [0, 0.05) is 35.6 Å². The molecule has 1 unspecified atom stereocenters. The van der Waals surface area contributed by atoms with Gasteiger partial charge in [0.25, 0.3) is 0 Å². The Balaban J connectivity index is 1.30. The van der Waals surface area contributed by atoms with Gasteiger partial charge in [-0.15, -0.1) is 0 Å². The highest BCUT2D eigenvalue weighted by molar-refractivity contribution is 6.31. The van der Waals surface area contributed by atoms with Crippen LogP contribution in [0.5, 0.6) is 0 Å². The quantitative estimate of drug-likeness (QED) is 0.807. The Morgan fingerprint density at radius 3 is 2.79 bits per heavy atom. The van der Waals surface area contributed by atoms with E-state index < -0.39 is 11.6 Å². The number of hydrogen-bond acceptors (Lipinski definition) is 4. The van der Waals surface area contributed by atoms with E-state index >= 15 is 0 Å². The molecule has 2 aliphatic heterocycles. The van der Waals surface area contributed by atoms with Gasteiger partial charge in [-0.1, -0.05) is 11.6 Å². The number of benzene rings is 1. The molecule has 0 spiro atoms. The lowest BCUT2D eigenvalue weighted by Gasteiger charge is -2.42. The highest BCUT2D eigenvalue weighted by Crippen LogP contribution is 2.51. The standard InChI is InChI=1S/C21H24ClN5O2/c1-20(18(28)16-9-15(22)8-13-10-25-27(20)17(13)16)14-2-6-26(7-3-14)19(29)24-12-21(11-23)4-5-21/h8-10,14,18,28H,2-7,12H2,1H3,(H,24,29)/t18-,20?/m1/s1. The van der Waals surface area contributed by atoms with Crippen molar-refractivity contribution < 1.29 is 9.90 Å². The summed E-state index contributed by atoms with van der Waals surface area (Å²) in [5.74, 6) is 0.185. The fourth-order valence-corrected chi connectivity index (χ4v) is 5.30. The monoisotopic (exact) mass is 413 g/mol. The Hall–Kier alpha value is -2.30. The first-order valence-electron chi connectivity index (χ1n) is 10.2. The van der Waals surface area contributed by atoms with Gasteiger partial charge in [0.15, 0.2) is 0 Å². The molecule has 0 bridgehead atoms. The molecule has 152 valence electrons. The second kappa shape index (κ2) is 6.35. The van der Waals surface area contributed by atoms with Gasteiger partial charge in [0.1, 0.15) is 6.10 Å². The molecular formula is C21H24ClN5O2. The maximum atomic E-state index is 12.5. The van der Waals surface area contributed by atoms with Crippen LogP contribution in [0, 0.1) is 22.7 Å². The van der Waals surface area contributed by atoms with Gasteiger partial charge in [-0.25, -0.2) is 4.79 Å². The van der Waals surface area contributed by atoms with Crippen LogP contribution >= 0.6 is 11.6 Å². The summed E-state index contributed by atoms with van der Waals surface area (Å²) in [4.78, 5) is 14.3. The lowest BCUT2D eigenvalue weighted by molar-refractivity contribution is -0.0116. The molecule has 1 saturated heterocycles. The molecule has 1 aromatic carbocycles. The summed E-state index contributed by atoms with van der Waals surface area (Å²) in [6.07, 6.45) is 4.43. The Morgan fingerprint density at radius 2 is 2.14 bits per heavy atom. The van der Waals surface area contributed by atoms with E-state index in [-0.39, 0.29) is 17.4 Å². The number of carbonyl (C=O) groups is 1. The van der Waals surface area contributed by atoms with Crippen LogP contribution in [-0.2, 0) is 5.54 Å². The average Bonchev–Trinajstić information content (AvgIpc) is 3.34. The number of hydrogen-bond donors (Lipinski definition) is 2. The van der Waals surface area contributed by atoms with Gasteiger partial charge < -0.3 is 15.3 Å². The summed E-state index contributed by atoms with van der Waals surface area (Å²) in [5, 5.41) is 29.4. The van der Waals surface area contributed by atoms with Crippen LogP contribution in [0.15, 0.2) is 18.3 Å². The Bertz CT molecular complexity index is 1030. The van der Waals surface area contributed by atoms with Gasteiger partial charge in [0.2, 0.25) is 0 Å². The van der Waals surface area contributed by atoms with Gasteiger partial charge in [0.05, 0.1) is 28.7 Å². The zero-order valence-corrected chi connectivity index (χ0v) is 17.1. The van der Waals surface area contributed by atoms with Crippen molar-refractivity contribution in [1.29, 1.82) is 5.26 Å². The summed E-state index contributed by atoms with van der Waals surface area (Å²) in [6.45, 7) is 3.74. The van der Waals surface area contributed by atoms with Crippen molar-refractivity contribution in [2.45, 2.75) is 44.2 Å². The van der Waals surface area contributed by atoms with Gasteiger partial charge in [-0.05, 0) is 50.7 Å². The summed E-state index contributed by atoms with van der Waals surface area (Å²) >= 11 is 6.24. The number of aromatic nitrogens is 2. The van der Waals surface area contributed by atoms with Crippen LogP contribution in [0.1, 0.15) is 44.3 Å². The zero-order valence-electron chi connectivity index (χ0n) is 16.4. The third kappa shape index (κ3) is 2.73. The largest absolute Gasteiger partial charge is 0.386 e. The molecular weight excluding hydrogens is 390 g/mol. The number of nitriles is 1. The number of urea groups is 1. The highest BCUT2D eigenvalue weighted by atomic mass is 35.5. The lowest BCUT2D eigenvalue weighted by atomic mass is 9.75. The molecule has 3 heterocycles. The van der Waals surface area contributed by atoms with Crippen LogP contribution in [-0.4, -0.2) is 45.5 Å². The number of halogens is 1. The van der Waals surface area contributed by atoms with Gasteiger partial charge in [-0.2, -0.15) is 10.4 Å². The van der Waals surface area contributed by atoms with E-state index in [0.29, 0.717) is 24.7 Å². The molecule has 2 aromatic rings. The smallest absolute Gasteiger partial charge is 0.317 e. The maximum absolute atomic E-state index is 12.5. The van der Waals surface area contributed by atoms with Crippen molar-refractivity contribution in [2.24, 2.45) is 11.3 Å². The number of likely N-dealkylation sites (tertiary alicyclic amines) is 1. The number of aliphatic hydroxyl groups excluding tert-OH is 1. The van der Waals surface area contributed by atoms with Crippen LogP contribution in [0.4, 0.5) is 4.79 Å². The van der Waals surface area contributed by atoms with E-state index in [9.17, 15) is 15.2 Å². The Morgan fingerprint density at radius 1 is 1.41 bits per heavy atom. The maximum Gasteiger partial charge on any atom is 0.317 e. The molecule has 1 aromatic heterocycles. The molecule has 2 atom stereocenters. The first-order chi connectivity index (χ1) is 13.9. The van der Waals surface area contributed by atoms with Crippen molar-refractivity contribution in [2.75, 3.05) is 19.6 Å². The average molecular weight is 414 g/mol. The second-order valence-corrected chi connectivity index (χ2v) is 9.37. The number of nitrogens with zero attached hydrogens (tertiary/aromatic N) is 4. The minimum atomic E-state index is -0.678. The molecule has 1 saturated carbocycles.